The lowest BCUT2D eigenvalue weighted by Crippen LogP contribution is -2.36. The van der Waals surface area contributed by atoms with Gasteiger partial charge >= 0.3 is 5.97 Å². The van der Waals surface area contributed by atoms with Crippen molar-refractivity contribution in [1.82, 2.24) is 0 Å². The molecule has 3 heteroatoms. The molecule has 3 N–H and O–H groups in total. The van der Waals surface area contributed by atoms with Crippen LogP contribution in [0.15, 0.2) is 0 Å². The molecule has 0 fully saturated rings. The van der Waals surface area contributed by atoms with Gasteiger partial charge in [-0.05, 0) is 12.3 Å². The van der Waals surface area contributed by atoms with Crippen molar-refractivity contribution >= 4 is 5.97 Å². The molecular weight excluding hydrogens is 130 g/mol. The number of nitrogens with two attached hydrogens (primary N) is 1. The summed E-state index contributed by atoms with van der Waals surface area (Å²) in [5, 5.41) is 8.44. The minimum absolute atomic E-state index is 0.0800. The molecule has 0 bridgehead atoms. The number of carbonyl (C=O) groups is 1. The molecule has 0 unspecified atom stereocenters. The maximum atomic E-state index is 10.3. The van der Waals surface area contributed by atoms with E-state index in [-0.39, 0.29) is 17.9 Å². The molecule has 60 valence electrons. The summed E-state index contributed by atoms with van der Waals surface area (Å²) in [6, 6.07) is -0.0800. The van der Waals surface area contributed by atoms with Crippen LogP contribution in [0, 0.1) is 5.41 Å². The average Bonchev–Trinajstić information content (AvgIpc) is 1.60. The fourth-order valence-electron chi connectivity index (χ4n) is 0.551. The van der Waals surface area contributed by atoms with Gasteiger partial charge in [-0.2, -0.15) is 0 Å². The van der Waals surface area contributed by atoms with E-state index in [4.69, 9.17) is 10.8 Å². The van der Waals surface area contributed by atoms with Crippen LogP contribution < -0.4 is 5.73 Å². The highest BCUT2D eigenvalue weighted by atomic mass is 16.4. The van der Waals surface area contributed by atoms with Gasteiger partial charge in [-0.3, -0.25) is 4.79 Å². The first kappa shape index (κ1) is 9.43. The lowest BCUT2D eigenvalue weighted by atomic mass is 9.83. The van der Waals surface area contributed by atoms with Crippen molar-refractivity contribution in [2.75, 3.05) is 0 Å². The van der Waals surface area contributed by atoms with Crippen molar-refractivity contribution in [3.05, 3.63) is 0 Å². The van der Waals surface area contributed by atoms with Crippen LogP contribution in [0.3, 0.4) is 0 Å². The molecule has 0 radical (unpaired) electrons. The molecule has 0 aromatic rings. The van der Waals surface area contributed by atoms with E-state index < -0.39 is 5.97 Å². The monoisotopic (exact) mass is 145 g/mol. The van der Waals surface area contributed by atoms with Crippen LogP contribution in [-0.4, -0.2) is 17.1 Å². The van der Waals surface area contributed by atoms with Gasteiger partial charge in [-0.15, -0.1) is 0 Å². The van der Waals surface area contributed by atoms with Crippen LogP contribution in [0.4, 0.5) is 0 Å². The molecule has 0 aromatic heterocycles. The average molecular weight is 145 g/mol. The molecule has 0 spiro atoms. The fraction of sp³-hybridized carbons (Fsp3) is 0.857. The Hall–Kier alpha value is -0.570. The predicted octanol–water partition coefficient (Wildman–Crippen LogP) is 0.835. The van der Waals surface area contributed by atoms with E-state index in [1.165, 1.54) is 0 Å². The highest BCUT2D eigenvalue weighted by Crippen LogP contribution is 2.22. The SMILES string of the molecule is C[C@@H](N)C(C)(C)CC(=O)O. The maximum Gasteiger partial charge on any atom is 0.303 e. The third-order valence-corrected chi connectivity index (χ3v) is 1.84. The molecule has 0 saturated carbocycles. The summed E-state index contributed by atoms with van der Waals surface area (Å²) in [5.41, 5.74) is 5.26. The van der Waals surface area contributed by atoms with E-state index in [2.05, 4.69) is 0 Å². The number of aliphatic carboxylic acids is 1. The number of carboxylic acid groups (broad SMARTS) is 1. The molecule has 0 amide bonds. The number of hydrogen-bond acceptors (Lipinski definition) is 2. The lowest BCUT2D eigenvalue weighted by Gasteiger charge is -2.26. The van der Waals surface area contributed by atoms with Crippen LogP contribution in [-0.2, 0) is 4.79 Å². The van der Waals surface area contributed by atoms with Gasteiger partial charge < -0.3 is 10.8 Å². The Bertz CT molecular complexity index is 130. The summed E-state index contributed by atoms with van der Waals surface area (Å²) in [6.07, 6.45) is 0.130. The Kier molecular flexibility index (Phi) is 2.84. The van der Waals surface area contributed by atoms with Crippen LogP contribution in [0.25, 0.3) is 0 Å². The molecule has 1 atom stereocenters. The van der Waals surface area contributed by atoms with E-state index in [1.54, 1.807) is 0 Å². The molecule has 0 aliphatic rings. The smallest absolute Gasteiger partial charge is 0.303 e. The molecule has 0 aliphatic carbocycles. The Morgan fingerprint density at radius 1 is 1.70 bits per heavy atom. The normalized spacial score (nSPS) is 14.8. The van der Waals surface area contributed by atoms with E-state index in [1.807, 2.05) is 20.8 Å². The van der Waals surface area contributed by atoms with Crippen molar-refractivity contribution in [2.24, 2.45) is 11.1 Å². The molecule has 0 rings (SSSR count). The summed E-state index contributed by atoms with van der Waals surface area (Å²) < 4.78 is 0. The zero-order chi connectivity index (χ0) is 8.36. The zero-order valence-corrected chi connectivity index (χ0v) is 6.72. The minimum Gasteiger partial charge on any atom is -0.481 e. The second-order valence-corrected chi connectivity index (χ2v) is 3.35. The molecule has 0 aliphatic heterocycles. The van der Waals surface area contributed by atoms with Crippen molar-refractivity contribution in [3.63, 3.8) is 0 Å². The second kappa shape index (κ2) is 3.01. The van der Waals surface area contributed by atoms with Gasteiger partial charge in [-0.25, -0.2) is 0 Å². The summed E-state index contributed by atoms with van der Waals surface area (Å²) in [7, 11) is 0. The first-order chi connectivity index (χ1) is 4.36. The van der Waals surface area contributed by atoms with Gasteiger partial charge in [0.2, 0.25) is 0 Å². The van der Waals surface area contributed by atoms with E-state index in [9.17, 15) is 4.79 Å². The second-order valence-electron chi connectivity index (χ2n) is 3.35. The number of carboxylic acids is 1. The molecule has 0 heterocycles. The zero-order valence-electron chi connectivity index (χ0n) is 6.72. The molecular formula is C7H15NO2. The summed E-state index contributed by atoms with van der Waals surface area (Å²) in [6.45, 7) is 5.53. The van der Waals surface area contributed by atoms with Crippen LogP contribution >= 0.6 is 0 Å². The quantitative estimate of drug-likeness (QED) is 0.618. The van der Waals surface area contributed by atoms with E-state index >= 15 is 0 Å². The van der Waals surface area contributed by atoms with Gasteiger partial charge in [0.05, 0.1) is 6.42 Å². The first-order valence-electron chi connectivity index (χ1n) is 3.33. The molecule has 3 nitrogen and oxygen atoms in total. The van der Waals surface area contributed by atoms with Crippen LogP contribution in [0.1, 0.15) is 27.2 Å². The van der Waals surface area contributed by atoms with Gasteiger partial charge in [0.1, 0.15) is 0 Å². The Labute approximate surface area is 61.2 Å². The highest BCUT2D eigenvalue weighted by Gasteiger charge is 2.25. The first-order valence-corrected chi connectivity index (χ1v) is 3.33. The summed E-state index contributed by atoms with van der Waals surface area (Å²) >= 11 is 0. The molecule has 0 saturated heterocycles. The van der Waals surface area contributed by atoms with Gasteiger partial charge in [0, 0.05) is 6.04 Å². The van der Waals surface area contributed by atoms with Crippen molar-refractivity contribution in [3.8, 4) is 0 Å². The Balaban J connectivity index is 3.99. The van der Waals surface area contributed by atoms with E-state index in [0.29, 0.717) is 0 Å². The fourth-order valence-corrected chi connectivity index (χ4v) is 0.551. The van der Waals surface area contributed by atoms with Crippen molar-refractivity contribution < 1.29 is 9.90 Å². The maximum absolute atomic E-state index is 10.3. The third-order valence-electron chi connectivity index (χ3n) is 1.84. The third kappa shape index (κ3) is 2.82. The summed E-state index contributed by atoms with van der Waals surface area (Å²) in [4.78, 5) is 10.3. The van der Waals surface area contributed by atoms with Gasteiger partial charge in [-0.1, -0.05) is 13.8 Å². The van der Waals surface area contributed by atoms with Gasteiger partial charge in [0.25, 0.3) is 0 Å². The van der Waals surface area contributed by atoms with Crippen molar-refractivity contribution in [2.45, 2.75) is 33.2 Å². The van der Waals surface area contributed by atoms with Crippen molar-refractivity contribution in [1.29, 1.82) is 0 Å². The molecule has 10 heavy (non-hydrogen) atoms. The number of hydrogen-bond donors (Lipinski definition) is 2. The lowest BCUT2D eigenvalue weighted by molar-refractivity contribution is -0.139. The Morgan fingerprint density at radius 2 is 2.10 bits per heavy atom. The minimum atomic E-state index is -0.790. The van der Waals surface area contributed by atoms with Gasteiger partial charge in [0.15, 0.2) is 0 Å². The van der Waals surface area contributed by atoms with E-state index in [0.717, 1.165) is 0 Å². The standard InChI is InChI=1S/C7H15NO2/c1-5(8)7(2,3)4-6(9)10/h5H,4,8H2,1-3H3,(H,9,10)/t5-/m1/s1. The predicted molar refractivity (Wildman–Crippen MR) is 39.7 cm³/mol. The molecule has 0 aromatic carbocycles. The topological polar surface area (TPSA) is 63.3 Å². The summed E-state index contributed by atoms with van der Waals surface area (Å²) in [5.74, 6) is -0.790. The van der Waals surface area contributed by atoms with Crippen LogP contribution in [0.2, 0.25) is 0 Å². The highest BCUT2D eigenvalue weighted by molar-refractivity contribution is 5.67. The number of rotatable bonds is 3. The largest absolute Gasteiger partial charge is 0.481 e. The Morgan fingerprint density at radius 3 is 2.20 bits per heavy atom. The van der Waals surface area contributed by atoms with Crippen LogP contribution in [0.5, 0.6) is 0 Å².